The number of rotatable bonds is 17. The molecule has 0 aromatic heterocycles. The lowest BCUT2D eigenvalue weighted by atomic mass is 10.0. The molecule has 0 atom stereocenters. The van der Waals surface area contributed by atoms with E-state index in [4.69, 9.17) is 18.9 Å². The van der Waals surface area contributed by atoms with Crippen LogP contribution in [0.5, 0.6) is 17.2 Å². The number of esters is 3. The van der Waals surface area contributed by atoms with E-state index in [1.54, 1.807) is 42.5 Å². The Hall–Kier alpha value is -5.88. The highest BCUT2D eigenvalue weighted by atomic mass is 19.1. The van der Waals surface area contributed by atoms with Gasteiger partial charge in [-0.2, -0.15) is 4.39 Å². The summed E-state index contributed by atoms with van der Waals surface area (Å²) < 4.78 is 39.5. The number of ether oxygens (including phenoxy) is 5. The van der Waals surface area contributed by atoms with E-state index in [9.17, 15) is 18.8 Å². The lowest BCUT2D eigenvalue weighted by Gasteiger charge is -2.09. The van der Waals surface area contributed by atoms with Crippen LogP contribution in [-0.4, -0.2) is 44.3 Å². The SMILES string of the molecule is C=C(F)C(=O)OCCOc1ccc(-c2ccc(C#Cc3ccc(OC(=O)c4ccc(OCCCCCCOC(=O)C(C)C)cc4)c(C)c3)cc2)cc1. The van der Waals surface area contributed by atoms with Crippen molar-refractivity contribution in [3.05, 3.63) is 126 Å². The van der Waals surface area contributed by atoms with E-state index >= 15 is 0 Å². The van der Waals surface area contributed by atoms with Crippen molar-refractivity contribution in [1.29, 1.82) is 0 Å². The molecule has 0 spiro atoms. The molecule has 4 aromatic rings. The summed E-state index contributed by atoms with van der Waals surface area (Å²) in [5, 5.41) is 0. The van der Waals surface area contributed by atoms with Crippen LogP contribution in [0.4, 0.5) is 4.39 Å². The first kappa shape index (κ1) is 38.9. The Bertz CT molecular complexity index is 1870. The molecule has 4 rings (SSSR count). The summed E-state index contributed by atoms with van der Waals surface area (Å²) in [5.41, 5.74) is 4.82. The second kappa shape index (κ2) is 20.1. The minimum atomic E-state index is -1.14. The number of unbranched alkanes of at least 4 members (excludes halogenated alkanes) is 3. The Morgan fingerprint density at radius 3 is 1.85 bits per heavy atom. The van der Waals surface area contributed by atoms with E-state index in [2.05, 4.69) is 23.2 Å². The van der Waals surface area contributed by atoms with Crippen molar-refractivity contribution in [2.45, 2.75) is 46.5 Å². The van der Waals surface area contributed by atoms with Crippen LogP contribution in [0.15, 0.2) is 103 Å². The van der Waals surface area contributed by atoms with Gasteiger partial charge in [-0.05, 0) is 116 Å². The average molecular weight is 707 g/mol. The molecule has 0 aliphatic carbocycles. The zero-order valence-electron chi connectivity index (χ0n) is 29.7. The van der Waals surface area contributed by atoms with Crippen molar-refractivity contribution in [2.75, 3.05) is 26.4 Å². The van der Waals surface area contributed by atoms with Gasteiger partial charge in [-0.25, -0.2) is 9.59 Å². The average Bonchev–Trinajstić information content (AvgIpc) is 3.15. The quantitative estimate of drug-likeness (QED) is 0.0353. The molecule has 0 N–H and O–H groups in total. The molecule has 8 nitrogen and oxygen atoms in total. The summed E-state index contributed by atoms with van der Waals surface area (Å²) in [6.07, 6.45) is 3.66. The zero-order valence-corrected chi connectivity index (χ0v) is 29.7. The van der Waals surface area contributed by atoms with E-state index in [0.717, 1.165) is 53.5 Å². The summed E-state index contributed by atoms with van der Waals surface area (Å²) in [7, 11) is 0. The number of carbonyl (C=O) groups excluding carboxylic acids is 3. The first-order valence-corrected chi connectivity index (χ1v) is 17.2. The number of halogens is 1. The van der Waals surface area contributed by atoms with Gasteiger partial charge < -0.3 is 23.7 Å². The highest BCUT2D eigenvalue weighted by Gasteiger charge is 2.12. The Morgan fingerprint density at radius 2 is 1.23 bits per heavy atom. The van der Waals surface area contributed by atoms with Crippen LogP contribution < -0.4 is 14.2 Å². The Labute approximate surface area is 304 Å². The predicted octanol–water partition coefficient (Wildman–Crippen LogP) is 8.82. The second-order valence-corrected chi connectivity index (χ2v) is 12.2. The molecule has 0 saturated carbocycles. The molecule has 4 aromatic carbocycles. The Morgan fingerprint density at radius 1 is 0.673 bits per heavy atom. The first-order chi connectivity index (χ1) is 25.1. The van der Waals surface area contributed by atoms with Gasteiger partial charge in [0.05, 0.1) is 24.7 Å². The molecule has 0 amide bonds. The van der Waals surface area contributed by atoms with E-state index in [1.165, 1.54) is 0 Å². The number of carbonyl (C=O) groups is 3. The van der Waals surface area contributed by atoms with Crippen molar-refractivity contribution in [3.8, 4) is 40.2 Å². The van der Waals surface area contributed by atoms with Gasteiger partial charge in [0.25, 0.3) is 0 Å². The highest BCUT2D eigenvalue weighted by Crippen LogP contribution is 2.24. The number of hydrogen-bond donors (Lipinski definition) is 0. The van der Waals surface area contributed by atoms with E-state index in [0.29, 0.717) is 36.0 Å². The van der Waals surface area contributed by atoms with Crippen LogP contribution in [0, 0.1) is 24.7 Å². The number of benzene rings is 4. The zero-order chi connectivity index (χ0) is 37.3. The van der Waals surface area contributed by atoms with Crippen LogP contribution in [-0.2, 0) is 19.1 Å². The molecule has 0 radical (unpaired) electrons. The minimum absolute atomic E-state index is 0.0828. The van der Waals surface area contributed by atoms with Gasteiger partial charge in [-0.1, -0.05) is 56.5 Å². The standard InChI is InChI=1S/C43H43FO8/c1-30(2)41(45)50-26-8-6-5-7-25-48-38-22-18-37(19-23-38)43(47)52-40-24-13-34(29-31(40)3)10-9-33-11-14-35(15-12-33)36-16-20-39(21-17-36)49-27-28-51-42(46)32(4)44/h11-24,29-30H,4-8,25-28H2,1-3H3. The van der Waals surface area contributed by atoms with Crippen molar-refractivity contribution in [3.63, 3.8) is 0 Å². The third-order valence-electron chi connectivity index (χ3n) is 7.72. The minimum Gasteiger partial charge on any atom is -0.494 e. The van der Waals surface area contributed by atoms with Gasteiger partial charge in [0.2, 0.25) is 5.83 Å². The molecule has 0 aliphatic heterocycles. The molecule has 0 heterocycles. The smallest absolute Gasteiger partial charge is 0.366 e. The molecule has 9 heteroatoms. The third-order valence-corrected chi connectivity index (χ3v) is 7.72. The van der Waals surface area contributed by atoms with Gasteiger partial charge >= 0.3 is 17.9 Å². The highest BCUT2D eigenvalue weighted by molar-refractivity contribution is 5.91. The van der Waals surface area contributed by atoms with Crippen molar-refractivity contribution < 1.29 is 42.5 Å². The summed E-state index contributed by atoms with van der Waals surface area (Å²) in [6, 6.07) is 27.6. The summed E-state index contributed by atoms with van der Waals surface area (Å²) in [6.45, 7) is 9.43. The van der Waals surface area contributed by atoms with E-state index in [1.807, 2.05) is 69.3 Å². The lowest BCUT2D eigenvalue weighted by molar-refractivity contribution is -0.147. The summed E-state index contributed by atoms with van der Waals surface area (Å²) >= 11 is 0. The topological polar surface area (TPSA) is 97.4 Å². The fourth-order valence-electron chi connectivity index (χ4n) is 4.78. The van der Waals surface area contributed by atoms with Crippen LogP contribution in [0.2, 0.25) is 0 Å². The van der Waals surface area contributed by atoms with Gasteiger partial charge in [-0.3, -0.25) is 4.79 Å². The maximum absolute atomic E-state index is 12.8. The maximum Gasteiger partial charge on any atom is 0.366 e. The number of aryl methyl sites for hydroxylation is 1. The first-order valence-electron chi connectivity index (χ1n) is 17.2. The van der Waals surface area contributed by atoms with Crippen LogP contribution in [0.3, 0.4) is 0 Å². The molecule has 0 aliphatic rings. The molecular weight excluding hydrogens is 663 g/mol. The van der Waals surface area contributed by atoms with Gasteiger partial charge in [0.1, 0.15) is 30.5 Å². The van der Waals surface area contributed by atoms with Crippen LogP contribution in [0.1, 0.15) is 66.6 Å². The van der Waals surface area contributed by atoms with Crippen molar-refractivity contribution >= 4 is 17.9 Å². The molecule has 0 fully saturated rings. The van der Waals surface area contributed by atoms with Gasteiger partial charge in [-0.15, -0.1) is 0 Å². The van der Waals surface area contributed by atoms with Crippen LogP contribution in [0.25, 0.3) is 11.1 Å². The Balaban J connectivity index is 1.20. The largest absolute Gasteiger partial charge is 0.494 e. The van der Waals surface area contributed by atoms with E-state index in [-0.39, 0.29) is 25.1 Å². The summed E-state index contributed by atoms with van der Waals surface area (Å²) in [5.74, 6) is 5.13. The van der Waals surface area contributed by atoms with Gasteiger partial charge in [0, 0.05) is 11.1 Å². The normalized spacial score (nSPS) is 10.5. The molecule has 0 unspecified atom stereocenters. The maximum atomic E-state index is 12.8. The predicted molar refractivity (Wildman–Crippen MR) is 197 cm³/mol. The fourth-order valence-corrected chi connectivity index (χ4v) is 4.78. The van der Waals surface area contributed by atoms with E-state index < -0.39 is 17.8 Å². The fraction of sp³-hybridized carbons (Fsp3) is 0.279. The summed E-state index contributed by atoms with van der Waals surface area (Å²) in [4.78, 5) is 35.4. The monoisotopic (exact) mass is 706 g/mol. The molecular formula is C43H43FO8. The lowest BCUT2D eigenvalue weighted by Crippen LogP contribution is -2.12. The number of hydrogen-bond acceptors (Lipinski definition) is 8. The van der Waals surface area contributed by atoms with Crippen molar-refractivity contribution in [1.82, 2.24) is 0 Å². The molecule has 270 valence electrons. The van der Waals surface area contributed by atoms with Crippen LogP contribution >= 0.6 is 0 Å². The second-order valence-electron chi connectivity index (χ2n) is 12.2. The molecule has 0 saturated heterocycles. The Kier molecular flexibility index (Phi) is 15.0. The third kappa shape index (κ3) is 12.8. The van der Waals surface area contributed by atoms with Gasteiger partial charge in [0.15, 0.2) is 0 Å². The molecule has 0 bridgehead atoms. The van der Waals surface area contributed by atoms with Crippen molar-refractivity contribution in [2.24, 2.45) is 5.92 Å². The molecule has 52 heavy (non-hydrogen) atoms.